The number of benzene rings is 4. The molecule has 1 fully saturated rings. The highest BCUT2D eigenvalue weighted by molar-refractivity contribution is 5.75. The Balaban J connectivity index is 1.32. The zero-order chi connectivity index (χ0) is 29.1. The third-order valence-corrected chi connectivity index (χ3v) is 7.99. The number of aliphatic hydroxyl groups excluding tert-OH is 1. The molecule has 4 atom stereocenters. The third-order valence-electron chi connectivity index (χ3n) is 7.99. The van der Waals surface area contributed by atoms with Crippen LogP contribution in [0.25, 0.3) is 22.2 Å². The fourth-order valence-electron chi connectivity index (χ4n) is 5.63. The van der Waals surface area contributed by atoms with Gasteiger partial charge in [0.2, 0.25) is 5.91 Å². The number of imidazole rings is 1. The number of hydrogen-bond acceptors (Lipinski definition) is 5. The number of aliphatic hydroxyl groups is 1. The molecule has 5 aromatic rings. The molecule has 1 amide bonds. The fraction of sp³-hybridized carbons (Fsp3) is 0.257. The van der Waals surface area contributed by atoms with Crippen molar-refractivity contribution < 1.29 is 19.4 Å². The molecule has 0 unspecified atom stereocenters. The average Bonchev–Trinajstić information content (AvgIpc) is 3.44. The van der Waals surface area contributed by atoms with Gasteiger partial charge in [-0.1, -0.05) is 79.7 Å². The van der Waals surface area contributed by atoms with E-state index in [2.05, 4.69) is 52.1 Å². The maximum Gasteiger partial charge on any atom is 0.217 e. The molecule has 1 aliphatic heterocycles. The Hall–Kier alpha value is -4.30. The molecular weight excluding hydrogens is 526 g/mol. The maximum atomic E-state index is 11.4. The van der Waals surface area contributed by atoms with Gasteiger partial charge in [0.1, 0.15) is 0 Å². The van der Waals surface area contributed by atoms with Gasteiger partial charge in [-0.3, -0.25) is 4.79 Å². The minimum atomic E-state index is -0.578. The van der Waals surface area contributed by atoms with Crippen molar-refractivity contribution in [2.75, 3.05) is 0 Å². The van der Waals surface area contributed by atoms with E-state index >= 15 is 0 Å². The quantitative estimate of drug-likeness (QED) is 0.232. The van der Waals surface area contributed by atoms with Crippen molar-refractivity contribution in [1.29, 1.82) is 0 Å². The van der Waals surface area contributed by atoms with Gasteiger partial charge in [-0.2, -0.15) is 0 Å². The molecule has 7 heteroatoms. The second kappa shape index (κ2) is 12.3. The van der Waals surface area contributed by atoms with Gasteiger partial charge >= 0.3 is 0 Å². The Kier molecular flexibility index (Phi) is 8.15. The highest BCUT2D eigenvalue weighted by atomic mass is 16.7. The Bertz CT molecular complexity index is 1680. The van der Waals surface area contributed by atoms with E-state index in [1.807, 2.05) is 73.1 Å². The lowest BCUT2D eigenvalue weighted by molar-refractivity contribution is -0.276. The van der Waals surface area contributed by atoms with Crippen LogP contribution in [0, 0.1) is 5.92 Å². The van der Waals surface area contributed by atoms with Gasteiger partial charge < -0.3 is 24.5 Å². The third kappa shape index (κ3) is 5.99. The monoisotopic (exact) mass is 561 g/mol. The van der Waals surface area contributed by atoms with Crippen molar-refractivity contribution in [1.82, 2.24) is 14.9 Å². The summed E-state index contributed by atoms with van der Waals surface area (Å²) in [6.45, 7) is 4.81. The molecule has 0 saturated carbocycles. The molecule has 4 aromatic carbocycles. The van der Waals surface area contributed by atoms with Crippen LogP contribution in [0.2, 0.25) is 0 Å². The van der Waals surface area contributed by atoms with E-state index in [0.717, 1.165) is 44.4 Å². The number of ether oxygens (including phenoxy) is 2. The molecule has 0 radical (unpaired) electrons. The minimum absolute atomic E-state index is 0.00221. The first-order valence-corrected chi connectivity index (χ1v) is 14.3. The van der Waals surface area contributed by atoms with Crippen molar-refractivity contribution in [3.05, 3.63) is 126 Å². The van der Waals surface area contributed by atoms with Crippen LogP contribution in [-0.4, -0.2) is 26.7 Å². The zero-order valence-electron chi connectivity index (χ0n) is 23.8. The van der Waals surface area contributed by atoms with Crippen LogP contribution in [0.1, 0.15) is 48.5 Å². The van der Waals surface area contributed by atoms with Crippen molar-refractivity contribution in [2.45, 2.75) is 52.0 Å². The molecule has 7 nitrogen and oxygen atoms in total. The molecule has 214 valence electrons. The van der Waals surface area contributed by atoms with E-state index in [-0.39, 0.29) is 30.6 Å². The largest absolute Gasteiger partial charge is 0.392 e. The number of amides is 1. The standard InChI is InChI=1S/C35H35N3O4/c1-23-33(20-38-22-37-31-11-3-4-12-32(31)38)41-35(42-34(23)27-15-13-25(21-39)14-16-27)30-10-6-9-29(18-30)28-8-5-7-26(17-28)19-36-24(2)40/h3-18,22-23,33-35,39H,19-21H2,1-2H3,(H,36,40)/t23-,33+,34+,35+/m1/s1. The number of carbonyl (C=O) groups is 1. The number of carbonyl (C=O) groups excluding carboxylic acids is 1. The highest BCUT2D eigenvalue weighted by Gasteiger charge is 2.38. The summed E-state index contributed by atoms with van der Waals surface area (Å²) in [7, 11) is 0. The average molecular weight is 562 g/mol. The van der Waals surface area contributed by atoms with Crippen LogP contribution in [0.3, 0.4) is 0 Å². The number of fused-ring (bicyclic) bond motifs is 1. The minimum Gasteiger partial charge on any atom is -0.392 e. The van der Waals surface area contributed by atoms with Gasteiger partial charge in [0.25, 0.3) is 0 Å². The van der Waals surface area contributed by atoms with Crippen molar-refractivity contribution in [3.63, 3.8) is 0 Å². The summed E-state index contributed by atoms with van der Waals surface area (Å²) in [5.74, 6) is -0.00180. The summed E-state index contributed by atoms with van der Waals surface area (Å²) in [4.78, 5) is 16.0. The SMILES string of the molecule is CC(=O)NCc1cccc(-c2cccc([C@H]3O[C@@H](Cn4cnc5ccccc54)[C@@H](C)[C@@H](c4ccc(CO)cc4)O3)c2)c1. The molecule has 2 heterocycles. The van der Waals surface area contributed by atoms with E-state index in [1.165, 1.54) is 6.92 Å². The van der Waals surface area contributed by atoms with E-state index in [9.17, 15) is 9.90 Å². The summed E-state index contributed by atoms with van der Waals surface area (Å²) in [6.07, 6.45) is 0.950. The van der Waals surface area contributed by atoms with E-state index in [4.69, 9.17) is 9.47 Å². The molecule has 0 aliphatic carbocycles. The molecule has 1 aromatic heterocycles. The number of hydrogen-bond donors (Lipinski definition) is 2. The lowest BCUT2D eigenvalue weighted by Gasteiger charge is -2.41. The molecule has 0 bridgehead atoms. The van der Waals surface area contributed by atoms with Gasteiger partial charge in [-0.05, 0) is 52.1 Å². The first-order chi connectivity index (χ1) is 20.5. The van der Waals surface area contributed by atoms with Gasteiger partial charge in [-0.15, -0.1) is 0 Å². The lowest BCUT2D eigenvalue weighted by Crippen LogP contribution is -2.39. The Morgan fingerprint density at radius 2 is 1.64 bits per heavy atom. The molecule has 1 aliphatic rings. The smallest absolute Gasteiger partial charge is 0.217 e. The first-order valence-electron chi connectivity index (χ1n) is 14.3. The van der Waals surface area contributed by atoms with Crippen molar-refractivity contribution in [3.8, 4) is 11.1 Å². The Morgan fingerprint density at radius 3 is 2.43 bits per heavy atom. The zero-order valence-corrected chi connectivity index (χ0v) is 23.8. The second-order valence-corrected chi connectivity index (χ2v) is 10.9. The van der Waals surface area contributed by atoms with Gasteiger partial charge in [-0.25, -0.2) is 4.98 Å². The predicted octanol–water partition coefficient (Wildman–Crippen LogP) is 6.32. The normalized spacial score (nSPS) is 20.5. The van der Waals surface area contributed by atoms with Crippen LogP contribution >= 0.6 is 0 Å². The van der Waals surface area contributed by atoms with E-state index < -0.39 is 6.29 Å². The molecule has 1 saturated heterocycles. The number of nitrogens with one attached hydrogen (secondary N) is 1. The van der Waals surface area contributed by atoms with Crippen LogP contribution in [0.5, 0.6) is 0 Å². The highest BCUT2D eigenvalue weighted by Crippen LogP contribution is 2.43. The molecule has 2 N–H and O–H groups in total. The summed E-state index contributed by atoms with van der Waals surface area (Å²) >= 11 is 0. The maximum absolute atomic E-state index is 11.4. The molecule has 6 rings (SSSR count). The Labute approximate surface area is 245 Å². The summed E-state index contributed by atoms with van der Waals surface area (Å²) in [5, 5.41) is 12.4. The van der Waals surface area contributed by atoms with Crippen LogP contribution in [0.15, 0.2) is 103 Å². The predicted molar refractivity (Wildman–Crippen MR) is 162 cm³/mol. The van der Waals surface area contributed by atoms with Crippen molar-refractivity contribution >= 4 is 16.9 Å². The number of para-hydroxylation sites is 2. The molecule has 42 heavy (non-hydrogen) atoms. The topological polar surface area (TPSA) is 85.6 Å². The number of rotatable bonds is 8. The van der Waals surface area contributed by atoms with E-state index in [1.54, 1.807) is 0 Å². The molecule has 0 spiro atoms. The first kappa shape index (κ1) is 27.8. The summed E-state index contributed by atoms with van der Waals surface area (Å²) in [5.41, 5.74) is 8.01. The summed E-state index contributed by atoms with van der Waals surface area (Å²) < 4.78 is 15.6. The second-order valence-electron chi connectivity index (χ2n) is 10.9. The Morgan fingerprint density at radius 1 is 0.881 bits per heavy atom. The van der Waals surface area contributed by atoms with E-state index in [0.29, 0.717) is 13.1 Å². The van der Waals surface area contributed by atoms with Gasteiger partial charge in [0.15, 0.2) is 6.29 Å². The van der Waals surface area contributed by atoms with Gasteiger partial charge in [0, 0.05) is 24.9 Å². The van der Waals surface area contributed by atoms with Crippen molar-refractivity contribution in [2.24, 2.45) is 5.92 Å². The lowest BCUT2D eigenvalue weighted by atomic mass is 9.90. The van der Waals surface area contributed by atoms with Crippen LogP contribution in [-0.2, 0) is 34.0 Å². The van der Waals surface area contributed by atoms with Gasteiger partial charge in [0.05, 0.1) is 42.7 Å². The fourth-order valence-corrected chi connectivity index (χ4v) is 5.63. The molecular formula is C35H35N3O4. The number of aromatic nitrogens is 2. The van der Waals surface area contributed by atoms with Crippen LogP contribution in [0.4, 0.5) is 0 Å². The number of nitrogens with zero attached hydrogens (tertiary/aromatic N) is 2. The summed E-state index contributed by atoms with van der Waals surface area (Å²) in [6, 6.07) is 32.5. The van der Waals surface area contributed by atoms with Crippen LogP contribution < -0.4 is 5.32 Å².